The Hall–Kier alpha value is -0.820. The number of anilines is 1. The number of nitrogens with zero attached hydrogens (tertiary/aromatic N) is 2. The molecule has 2 aliphatic rings. The minimum atomic E-state index is -4.38. The molecule has 3 nitrogen and oxygen atoms in total. The maximum absolute atomic E-state index is 13.1. The second kappa shape index (κ2) is 5.18. The van der Waals surface area contributed by atoms with Crippen molar-refractivity contribution in [3.63, 3.8) is 0 Å². The van der Waals surface area contributed by atoms with Gasteiger partial charge in [-0.2, -0.15) is 13.2 Å². The molecule has 0 radical (unpaired) electrons. The first-order valence-corrected chi connectivity index (χ1v) is 7.45. The zero-order valence-electron chi connectivity index (χ0n) is 10.8. The monoisotopic (exact) mass is 349 g/mol. The highest BCUT2D eigenvalue weighted by Gasteiger charge is 2.40. The van der Waals surface area contributed by atoms with Crippen molar-refractivity contribution in [1.82, 2.24) is 10.3 Å². The average molecular weight is 350 g/mol. The van der Waals surface area contributed by atoms with Gasteiger partial charge in [-0.3, -0.25) is 0 Å². The van der Waals surface area contributed by atoms with Crippen molar-refractivity contribution < 1.29 is 13.2 Å². The molecule has 2 aliphatic heterocycles. The van der Waals surface area contributed by atoms with Crippen LogP contribution in [0.5, 0.6) is 0 Å². The lowest BCUT2D eigenvalue weighted by Crippen LogP contribution is -2.40. The van der Waals surface area contributed by atoms with Gasteiger partial charge in [0.15, 0.2) is 0 Å². The first-order valence-electron chi connectivity index (χ1n) is 6.66. The van der Waals surface area contributed by atoms with Gasteiger partial charge < -0.3 is 10.2 Å². The minimum absolute atomic E-state index is 0.0527. The van der Waals surface area contributed by atoms with Gasteiger partial charge in [0, 0.05) is 29.8 Å². The number of hydrogen-bond donors (Lipinski definition) is 1. The molecule has 0 amide bonds. The first kappa shape index (κ1) is 14.1. The van der Waals surface area contributed by atoms with Gasteiger partial charge in [0.2, 0.25) is 0 Å². The zero-order chi connectivity index (χ0) is 14.3. The summed E-state index contributed by atoms with van der Waals surface area (Å²) in [5.74, 6) is 0.479. The summed E-state index contributed by atoms with van der Waals surface area (Å²) in [4.78, 5) is 5.78. The minimum Gasteiger partial charge on any atom is -0.354 e. The van der Waals surface area contributed by atoms with Crippen molar-refractivity contribution in [2.45, 2.75) is 25.1 Å². The number of halogens is 4. The number of aromatic nitrogens is 1. The Kier molecular flexibility index (Phi) is 3.66. The lowest BCUT2D eigenvalue weighted by molar-refractivity contribution is -0.137. The number of nitrogens with one attached hydrogen (secondary N) is 1. The van der Waals surface area contributed by atoms with E-state index in [1.165, 1.54) is 6.20 Å². The molecule has 110 valence electrons. The maximum Gasteiger partial charge on any atom is 0.419 e. The van der Waals surface area contributed by atoms with Gasteiger partial charge in [-0.1, -0.05) is 0 Å². The smallest absolute Gasteiger partial charge is 0.354 e. The van der Waals surface area contributed by atoms with Crippen LogP contribution < -0.4 is 10.2 Å². The van der Waals surface area contributed by atoms with Crippen LogP contribution in [0.2, 0.25) is 0 Å². The van der Waals surface area contributed by atoms with Crippen molar-refractivity contribution in [1.29, 1.82) is 0 Å². The summed E-state index contributed by atoms with van der Waals surface area (Å²) in [6, 6.07) is 1.40. The SMILES string of the molecule is FC(F)(F)c1cc(Br)cnc1N1C[C@@H]2CCCN[C@@H]2C1. The fourth-order valence-electron chi connectivity index (χ4n) is 3.11. The Bertz CT molecular complexity index is 492. The number of fused-ring (bicyclic) bond motifs is 1. The highest BCUT2D eigenvalue weighted by atomic mass is 79.9. The summed E-state index contributed by atoms with van der Waals surface area (Å²) in [5.41, 5.74) is -0.662. The second-order valence-electron chi connectivity index (χ2n) is 5.39. The molecule has 1 aromatic rings. The van der Waals surface area contributed by atoms with Gasteiger partial charge in [0.25, 0.3) is 0 Å². The van der Waals surface area contributed by atoms with Gasteiger partial charge in [0.05, 0.1) is 5.56 Å². The van der Waals surface area contributed by atoms with Crippen LogP contribution in [0.25, 0.3) is 0 Å². The Morgan fingerprint density at radius 1 is 1.35 bits per heavy atom. The molecule has 2 saturated heterocycles. The van der Waals surface area contributed by atoms with E-state index in [1.807, 2.05) is 0 Å². The van der Waals surface area contributed by atoms with E-state index >= 15 is 0 Å². The molecule has 1 aromatic heterocycles. The van der Waals surface area contributed by atoms with Crippen molar-refractivity contribution in [2.75, 3.05) is 24.5 Å². The van der Waals surface area contributed by atoms with Crippen LogP contribution in [0, 0.1) is 5.92 Å². The van der Waals surface area contributed by atoms with Crippen molar-refractivity contribution in [3.8, 4) is 0 Å². The molecule has 20 heavy (non-hydrogen) atoms. The highest BCUT2D eigenvalue weighted by molar-refractivity contribution is 9.10. The number of hydrogen-bond acceptors (Lipinski definition) is 3. The Balaban J connectivity index is 1.91. The van der Waals surface area contributed by atoms with E-state index in [0.29, 0.717) is 23.5 Å². The fraction of sp³-hybridized carbons (Fsp3) is 0.615. The normalized spacial score (nSPS) is 26.7. The van der Waals surface area contributed by atoms with Gasteiger partial charge in [-0.15, -0.1) is 0 Å². The Morgan fingerprint density at radius 3 is 2.85 bits per heavy atom. The van der Waals surface area contributed by atoms with E-state index < -0.39 is 11.7 Å². The van der Waals surface area contributed by atoms with Crippen molar-refractivity contribution in [3.05, 3.63) is 22.3 Å². The Morgan fingerprint density at radius 2 is 2.15 bits per heavy atom. The largest absolute Gasteiger partial charge is 0.419 e. The van der Waals surface area contributed by atoms with Gasteiger partial charge >= 0.3 is 6.18 Å². The molecule has 0 aromatic carbocycles. The summed E-state index contributed by atoms with van der Waals surface area (Å²) >= 11 is 3.07. The molecule has 7 heteroatoms. The van der Waals surface area contributed by atoms with Crippen molar-refractivity contribution >= 4 is 21.7 Å². The third-order valence-electron chi connectivity index (χ3n) is 4.04. The van der Waals surface area contributed by atoms with Gasteiger partial charge in [0.1, 0.15) is 5.82 Å². The van der Waals surface area contributed by atoms with Crippen molar-refractivity contribution in [2.24, 2.45) is 5.92 Å². The average Bonchev–Trinajstić information content (AvgIpc) is 2.81. The molecule has 2 fully saturated rings. The first-order chi connectivity index (χ1) is 9.45. The third-order valence-corrected chi connectivity index (χ3v) is 4.47. The van der Waals surface area contributed by atoms with E-state index in [-0.39, 0.29) is 11.9 Å². The molecular weight excluding hydrogens is 335 g/mol. The van der Waals surface area contributed by atoms with Crippen LogP contribution in [0.15, 0.2) is 16.7 Å². The summed E-state index contributed by atoms with van der Waals surface area (Å²) in [6.45, 7) is 2.20. The van der Waals surface area contributed by atoms with E-state index in [4.69, 9.17) is 0 Å². The van der Waals surface area contributed by atoms with Crippen LogP contribution in [0.1, 0.15) is 18.4 Å². The topological polar surface area (TPSA) is 28.2 Å². The van der Waals surface area contributed by atoms with Gasteiger partial charge in [-0.05, 0) is 47.3 Å². The standard InChI is InChI=1S/C13H15BrF3N3/c14-9-4-10(13(15,16)17)12(19-5-9)20-6-8-2-1-3-18-11(8)7-20/h4-5,8,11,18H,1-3,6-7H2/t8-,11+/m0/s1. The lowest BCUT2D eigenvalue weighted by atomic mass is 9.94. The predicted molar refractivity (Wildman–Crippen MR) is 73.7 cm³/mol. The number of piperidine rings is 1. The van der Waals surface area contributed by atoms with Gasteiger partial charge in [-0.25, -0.2) is 4.98 Å². The molecule has 0 saturated carbocycles. The van der Waals surface area contributed by atoms with Crippen LogP contribution in [-0.4, -0.2) is 30.7 Å². The maximum atomic E-state index is 13.1. The molecule has 0 spiro atoms. The van der Waals surface area contributed by atoms with Crippen LogP contribution in [0.3, 0.4) is 0 Å². The predicted octanol–water partition coefficient (Wildman–Crippen LogP) is 3.05. The fourth-order valence-corrected chi connectivity index (χ4v) is 3.44. The summed E-state index contributed by atoms with van der Waals surface area (Å²) in [5, 5.41) is 3.39. The Labute approximate surface area is 123 Å². The molecular formula is C13H15BrF3N3. The highest BCUT2D eigenvalue weighted by Crippen LogP contribution is 2.39. The molecule has 3 heterocycles. The molecule has 3 rings (SSSR count). The summed E-state index contributed by atoms with van der Waals surface area (Å²) in [6.07, 6.45) is -0.784. The number of alkyl halides is 3. The molecule has 0 bridgehead atoms. The summed E-state index contributed by atoms with van der Waals surface area (Å²) in [7, 11) is 0. The molecule has 0 aliphatic carbocycles. The molecule has 0 unspecified atom stereocenters. The number of pyridine rings is 1. The summed E-state index contributed by atoms with van der Waals surface area (Å²) < 4.78 is 39.8. The van der Waals surface area contributed by atoms with Crippen LogP contribution in [0.4, 0.5) is 19.0 Å². The van der Waals surface area contributed by atoms with E-state index in [2.05, 4.69) is 26.2 Å². The van der Waals surface area contributed by atoms with Crippen LogP contribution >= 0.6 is 15.9 Å². The van der Waals surface area contributed by atoms with E-state index in [9.17, 15) is 13.2 Å². The lowest BCUT2D eigenvalue weighted by Gasteiger charge is -2.24. The molecule has 1 N–H and O–H groups in total. The second-order valence-corrected chi connectivity index (χ2v) is 6.31. The molecule has 2 atom stereocenters. The quantitative estimate of drug-likeness (QED) is 0.844. The van der Waals surface area contributed by atoms with Crippen LogP contribution in [-0.2, 0) is 6.18 Å². The van der Waals surface area contributed by atoms with E-state index in [1.54, 1.807) is 4.90 Å². The number of rotatable bonds is 1. The third kappa shape index (κ3) is 2.65. The zero-order valence-corrected chi connectivity index (χ0v) is 12.3. The van der Waals surface area contributed by atoms with E-state index in [0.717, 1.165) is 25.5 Å².